The molecule has 0 bridgehead atoms. The summed E-state index contributed by atoms with van der Waals surface area (Å²) in [5.74, 6) is 0.758. The van der Waals surface area contributed by atoms with Crippen LogP contribution in [-0.4, -0.2) is 0 Å². The van der Waals surface area contributed by atoms with E-state index < -0.39 is 0 Å². The first-order chi connectivity index (χ1) is 5.11. The van der Waals surface area contributed by atoms with E-state index in [1.165, 1.54) is 12.8 Å². The van der Waals surface area contributed by atoms with Gasteiger partial charge in [-0.25, -0.2) is 0 Å². The number of hydrogen-bond donors (Lipinski definition) is 0. The average molecular weight is 150 g/mol. The van der Waals surface area contributed by atoms with Gasteiger partial charge in [0.1, 0.15) is 0 Å². The Morgan fingerprint density at radius 3 is 2.55 bits per heavy atom. The van der Waals surface area contributed by atoms with E-state index in [4.69, 9.17) is 0 Å². The van der Waals surface area contributed by atoms with E-state index >= 15 is 0 Å². The fraction of sp³-hybridized carbons (Fsp3) is 0.636. The van der Waals surface area contributed by atoms with Gasteiger partial charge in [-0.3, -0.25) is 0 Å². The second-order valence-corrected chi connectivity index (χ2v) is 3.82. The Labute approximate surface area is 70.0 Å². The fourth-order valence-electron chi connectivity index (χ4n) is 1.63. The van der Waals surface area contributed by atoms with Crippen molar-refractivity contribution in [1.82, 2.24) is 0 Å². The van der Waals surface area contributed by atoms with Crippen molar-refractivity contribution in [2.45, 2.75) is 40.5 Å². The second-order valence-electron chi connectivity index (χ2n) is 3.82. The Hall–Kier alpha value is -0.520. The molecule has 11 heavy (non-hydrogen) atoms. The molecule has 1 rings (SSSR count). The second kappa shape index (κ2) is 3.25. The van der Waals surface area contributed by atoms with Crippen LogP contribution in [0.4, 0.5) is 0 Å². The third-order valence-electron chi connectivity index (χ3n) is 2.80. The van der Waals surface area contributed by atoms with Crippen molar-refractivity contribution < 1.29 is 0 Å². The number of allylic oxidation sites excluding steroid dienone is 4. The predicted octanol–water partition coefficient (Wildman–Crippen LogP) is 3.70. The van der Waals surface area contributed by atoms with Crippen LogP contribution in [0.25, 0.3) is 0 Å². The van der Waals surface area contributed by atoms with E-state index in [1.807, 2.05) is 0 Å². The summed E-state index contributed by atoms with van der Waals surface area (Å²) in [4.78, 5) is 0. The SMILES string of the molecule is CC1=CCC(C)=C(C)C(C)C1. The fourth-order valence-corrected chi connectivity index (χ4v) is 1.63. The summed E-state index contributed by atoms with van der Waals surface area (Å²) in [6.45, 7) is 9.08. The molecule has 0 aromatic heterocycles. The van der Waals surface area contributed by atoms with Crippen LogP contribution in [0.5, 0.6) is 0 Å². The molecule has 0 nitrogen and oxygen atoms in total. The molecule has 0 N–H and O–H groups in total. The number of rotatable bonds is 0. The lowest BCUT2D eigenvalue weighted by Gasteiger charge is -2.11. The summed E-state index contributed by atoms with van der Waals surface area (Å²) in [6, 6.07) is 0. The van der Waals surface area contributed by atoms with Crippen LogP contribution in [0, 0.1) is 5.92 Å². The minimum Gasteiger partial charge on any atom is -0.0815 e. The molecule has 1 unspecified atom stereocenters. The van der Waals surface area contributed by atoms with Gasteiger partial charge in [-0.2, -0.15) is 0 Å². The molecule has 0 fully saturated rings. The van der Waals surface area contributed by atoms with Crippen molar-refractivity contribution in [3.63, 3.8) is 0 Å². The van der Waals surface area contributed by atoms with E-state index in [9.17, 15) is 0 Å². The van der Waals surface area contributed by atoms with Gasteiger partial charge in [0.05, 0.1) is 0 Å². The van der Waals surface area contributed by atoms with Crippen molar-refractivity contribution in [3.05, 3.63) is 22.8 Å². The highest BCUT2D eigenvalue weighted by atomic mass is 14.2. The monoisotopic (exact) mass is 150 g/mol. The molecule has 0 amide bonds. The first-order valence-corrected chi connectivity index (χ1v) is 4.43. The van der Waals surface area contributed by atoms with Crippen molar-refractivity contribution >= 4 is 0 Å². The molecule has 1 atom stereocenters. The summed E-state index contributed by atoms with van der Waals surface area (Å²) < 4.78 is 0. The first-order valence-electron chi connectivity index (χ1n) is 4.43. The van der Waals surface area contributed by atoms with Crippen LogP contribution in [0.3, 0.4) is 0 Å². The summed E-state index contributed by atoms with van der Waals surface area (Å²) in [5, 5.41) is 0. The molecule has 0 radical (unpaired) electrons. The van der Waals surface area contributed by atoms with Crippen LogP contribution < -0.4 is 0 Å². The molecule has 0 spiro atoms. The smallest absolute Gasteiger partial charge is 0.0136 e. The van der Waals surface area contributed by atoms with Crippen LogP contribution in [-0.2, 0) is 0 Å². The maximum absolute atomic E-state index is 2.36. The van der Waals surface area contributed by atoms with Crippen LogP contribution >= 0.6 is 0 Å². The molecule has 0 saturated carbocycles. The van der Waals surface area contributed by atoms with Crippen molar-refractivity contribution in [2.24, 2.45) is 5.92 Å². The van der Waals surface area contributed by atoms with Crippen molar-refractivity contribution in [1.29, 1.82) is 0 Å². The molecule has 62 valence electrons. The van der Waals surface area contributed by atoms with Gasteiger partial charge in [0.2, 0.25) is 0 Å². The molecule has 0 saturated heterocycles. The third kappa shape index (κ3) is 1.95. The van der Waals surface area contributed by atoms with Gasteiger partial charge in [0.25, 0.3) is 0 Å². The Morgan fingerprint density at radius 1 is 1.27 bits per heavy atom. The molecule has 0 aromatic rings. The maximum atomic E-state index is 2.36. The lowest BCUT2D eigenvalue weighted by molar-refractivity contribution is 0.670. The van der Waals surface area contributed by atoms with Crippen molar-refractivity contribution in [2.75, 3.05) is 0 Å². The van der Waals surface area contributed by atoms with Crippen LogP contribution in [0.1, 0.15) is 40.5 Å². The van der Waals surface area contributed by atoms with Gasteiger partial charge < -0.3 is 0 Å². The van der Waals surface area contributed by atoms with Gasteiger partial charge in [0.15, 0.2) is 0 Å². The predicted molar refractivity (Wildman–Crippen MR) is 50.5 cm³/mol. The zero-order valence-corrected chi connectivity index (χ0v) is 8.07. The average Bonchev–Trinajstić information content (AvgIpc) is 2.05. The highest BCUT2D eigenvalue weighted by Crippen LogP contribution is 2.27. The standard InChI is InChI=1S/C11H18/c1-8-5-6-9(2)11(4)10(3)7-8/h5,10H,6-7H2,1-4H3. The zero-order chi connectivity index (χ0) is 8.43. The molecular weight excluding hydrogens is 132 g/mol. The van der Waals surface area contributed by atoms with Gasteiger partial charge in [-0.05, 0) is 39.5 Å². The molecule has 0 aliphatic heterocycles. The number of hydrogen-bond acceptors (Lipinski definition) is 0. The highest BCUT2D eigenvalue weighted by Gasteiger charge is 2.10. The van der Waals surface area contributed by atoms with E-state index in [-0.39, 0.29) is 0 Å². The maximum Gasteiger partial charge on any atom is -0.0136 e. The van der Waals surface area contributed by atoms with Gasteiger partial charge in [0, 0.05) is 0 Å². The lowest BCUT2D eigenvalue weighted by atomic mass is 9.94. The van der Waals surface area contributed by atoms with Gasteiger partial charge in [-0.15, -0.1) is 0 Å². The van der Waals surface area contributed by atoms with Gasteiger partial charge >= 0.3 is 0 Å². The Kier molecular flexibility index (Phi) is 2.53. The Morgan fingerprint density at radius 2 is 1.91 bits per heavy atom. The quantitative estimate of drug-likeness (QED) is 0.462. The topological polar surface area (TPSA) is 0 Å². The van der Waals surface area contributed by atoms with E-state index in [1.54, 1.807) is 16.7 Å². The molecule has 0 aromatic carbocycles. The van der Waals surface area contributed by atoms with Crippen LogP contribution in [0.2, 0.25) is 0 Å². The Bertz CT molecular complexity index is 206. The third-order valence-corrected chi connectivity index (χ3v) is 2.80. The molecule has 0 heteroatoms. The summed E-state index contributed by atoms with van der Waals surface area (Å²) in [7, 11) is 0. The van der Waals surface area contributed by atoms with E-state index in [0.717, 1.165) is 5.92 Å². The minimum absolute atomic E-state index is 0.758. The summed E-state index contributed by atoms with van der Waals surface area (Å²) in [6.07, 6.45) is 4.79. The van der Waals surface area contributed by atoms with E-state index in [2.05, 4.69) is 33.8 Å². The largest absolute Gasteiger partial charge is 0.0815 e. The normalized spacial score (nSPS) is 26.5. The van der Waals surface area contributed by atoms with Gasteiger partial charge in [-0.1, -0.05) is 29.7 Å². The highest BCUT2D eigenvalue weighted by molar-refractivity contribution is 5.22. The van der Waals surface area contributed by atoms with Crippen molar-refractivity contribution in [3.8, 4) is 0 Å². The molecule has 1 aliphatic carbocycles. The molecule has 0 heterocycles. The summed E-state index contributed by atoms with van der Waals surface area (Å²) in [5.41, 5.74) is 4.71. The minimum atomic E-state index is 0.758. The Balaban J connectivity index is 2.84. The summed E-state index contributed by atoms with van der Waals surface area (Å²) >= 11 is 0. The van der Waals surface area contributed by atoms with Crippen LogP contribution in [0.15, 0.2) is 22.8 Å². The van der Waals surface area contributed by atoms with E-state index in [0.29, 0.717) is 0 Å². The lowest BCUT2D eigenvalue weighted by Crippen LogP contribution is -1.96. The zero-order valence-electron chi connectivity index (χ0n) is 8.07. The first kappa shape index (κ1) is 8.58. The molecule has 1 aliphatic rings. The molecular formula is C11H18.